The first-order valence-corrected chi connectivity index (χ1v) is 16.3. The summed E-state index contributed by atoms with van der Waals surface area (Å²) < 4.78 is 6.19. The van der Waals surface area contributed by atoms with E-state index in [4.69, 9.17) is 4.74 Å². The van der Waals surface area contributed by atoms with Crippen molar-refractivity contribution in [3.8, 4) is 11.5 Å². The molecule has 5 rings (SSSR count). The number of ether oxygens (including phenoxy) is 1. The normalized spacial score (nSPS) is 18.1. The van der Waals surface area contributed by atoms with Crippen molar-refractivity contribution in [2.45, 2.75) is 57.7 Å². The number of likely N-dealkylation sites (N-methyl/N-ethyl adjacent to an activating group) is 1. The van der Waals surface area contributed by atoms with Gasteiger partial charge in [0.1, 0.15) is 29.6 Å². The first-order chi connectivity index (χ1) is 23.3. The van der Waals surface area contributed by atoms with E-state index in [9.17, 15) is 19.2 Å². The average Bonchev–Trinajstić information content (AvgIpc) is 3.10. The zero-order valence-electron chi connectivity index (χ0n) is 27.2. The minimum atomic E-state index is -1.03. The molecule has 10 heteroatoms. The van der Waals surface area contributed by atoms with E-state index >= 15 is 0 Å². The third kappa shape index (κ3) is 9.06. The first kappa shape index (κ1) is 33.8. The van der Waals surface area contributed by atoms with Crippen molar-refractivity contribution < 1.29 is 23.9 Å². The Hall–Kier alpha value is -5.51. The van der Waals surface area contributed by atoms with Gasteiger partial charge in [0.15, 0.2) is 0 Å². The Bertz CT molecular complexity index is 1710. The van der Waals surface area contributed by atoms with Crippen LogP contribution < -0.4 is 20.7 Å². The number of nitrogens with zero attached hydrogens (tertiary/aromatic N) is 2. The second-order valence-electron chi connectivity index (χ2n) is 11.7. The lowest BCUT2D eigenvalue weighted by Crippen LogP contribution is -2.58. The second-order valence-corrected chi connectivity index (χ2v) is 11.7. The van der Waals surface area contributed by atoms with Gasteiger partial charge < -0.3 is 25.6 Å². The van der Waals surface area contributed by atoms with E-state index in [0.29, 0.717) is 36.6 Å². The van der Waals surface area contributed by atoms with Crippen LogP contribution in [0.1, 0.15) is 47.3 Å². The Morgan fingerprint density at radius 2 is 1.46 bits per heavy atom. The molecule has 0 aliphatic carbocycles. The molecule has 48 heavy (non-hydrogen) atoms. The number of nitrogens with one attached hydrogen (secondary N) is 3. The summed E-state index contributed by atoms with van der Waals surface area (Å²) in [5.74, 6) is -0.555. The summed E-state index contributed by atoms with van der Waals surface area (Å²) in [4.78, 5) is 60.8. The molecule has 3 atom stereocenters. The van der Waals surface area contributed by atoms with E-state index in [1.807, 2.05) is 92.7 Å². The number of fused-ring (bicyclic) bond motifs is 4. The highest BCUT2D eigenvalue weighted by Crippen LogP contribution is 2.25. The van der Waals surface area contributed by atoms with Crippen LogP contribution in [0.25, 0.3) is 0 Å². The lowest BCUT2D eigenvalue weighted by Gasteiger charge is -2.29. The number of carbonyl (C=O) groups is 4. The lowest BCUT2D eigenvalue weighted by molar-refractivity contribution is -0.137. The Kier molecular flexibility index (Phi) is 11.5. The van der Waals surface area contributed by atoms with E-state index in [1.54, 1.807) is 17.0 Å². The molecule has 0 spiro atoms. The summed E-state index contributed by atoms with van der Waals surface area (Å²) >= 11 is 0. The van der Waals surface area contributed by atoms with Gasteiger partial charge in [-0.2, -0.15) is 0 Å². The minimum Gasteiger partial charge on any atom is -0.457 e. The highest BCUT2D eigenvalue weighted by molar-refractivity contribution is 5.98. The number of hydrogen-bond donors (Lipinski definition) is 3. The predicted octanol–water partition coefficient (Wildman–Crippen LogP) is 4.24. The van der Waals surface area contributed by atoms with Crippen molar-refractivity contribution in [2.75, 3.05) is 13.1 Å². The van der Waals surface area contributed by atoms with Crippen LogP contribution in [0.15, 0.2) is 103 Å². The number of hydrogen-bond acceptors (Lipinski definition) is 6. The van der Waals surface area contributed by atoms with Gasteiger partial charge in [-0.05, 0) is 79.8 Å². The molecule has 1 aliphatic heterocycles. The van der Waals surface area contributed by atoms with E-state index < -0.39 is 35.8 Å². The van der Waals surface area contributed by atoms with Gasteiger partial charge in [0.25, 0.3) is 5.91 Å². The predicted molar refractivity (Wildman–Crippen MR) is 182 cm³/mol. The Morgan fingerprint density at radius 1 is 0.812 bits per heavy atom. The molecule has 4 aromatic rings. The average molecular weight is 648 g/mol. The van der Waals surface area contributed by atoms with E-state index in [2.05, 4.69) is 20.9 Å². The quantitative estimate of drug-likeness (QED) is 0.263. The van der Waals surface area contributed by atoms with Crippen LogP contribution in [0, 0.1) is 0 Å². The van der Waals surface area contributed by atoms with Crippen molar-refractivity contribution >= 4 is 23.6 Å². The Balaban J connectivity index is 1.53. The summed E-state index contributed by atoms with van der Waals surface area (Å²) in [7, 11) is 0. The third-order valence-corrected chi connectivity index (χ3v) is 8.36. The van der Waals surface area contributed by atoms with E-state index in [0.717, 1.165) is 16.7 Å². The lowest BCUT2D eigenvalue weighted by atomic mass is 10.00. The third-order valence-electron chi connectivity index (χ3n) is 8.36. The van der Waals surface area contributed by atoms with Crippen LogP contribution in [0.5, 0.6) is 11.5 Å². The molecule has 0 unspecified atom stereocenters. The summed E-state index contributed by atoms with van der Waals surface area (Å²) in [6, 6.07) is 24.6. The van der Waals surface area contributed by atoms with Gasteiger partial charge in [-0.15, -0.1) is 0 Å². The largest absolute Gasteiger partial charge is 0.457 e. The van der Waals surface area contributed by atoms with Crippen LogP contribution >= 0.6 is 0 Å². The summed E-state index contributed by atoms with van der Waals surface area (Å²) in [5.41, 5.74) is 2.91. The molecule has 4 bridgehead atoms. The zero-order valence-corrected chi connectivity index (χ0v) is 27.2. The zero-order chi connectivity index (χ0) is 33.9. The highest BCUT2D eigenvalue weighted by atomic mass is 16.5. The fourth-order valence-electron chi connectivity index (χ4n) is 5.76. The van der Waals surface area contributed by atoms with Crippen molar-refractivity contribution in [2.24, 2.45) is 0 Å². The van der Waals surface area contributed by atoms with Crippen molar-refractivity contribution in [1.82, 2.24) is 25.8 Å². The molecule has 0 saturated heterocycles. The first-order valence-electron chi connectivity index (χ1n) is 16.3. The Morgan fingerprint density at radius 3 is 2.10 bits per heavy atom. The van der Waals surface area contributed by atoms with E-state index in [1.165, 1.54) is 12.4 Å². The van der Waals surface area contributed by atoms with Gasteiger partial charge in [0.2, 0.25) is 17.7 Å². The van der Waals surface area contributed by atoms with E-state index in [-0.39, 0.29) is 25.2 Å². The smallest absolute Gasteiger partial charge is 0.252 e. The standard InChI is InChI=1S/C38H41N5O5/c1-3-43(4-2)38(47)34-25-28-13-9-15-31(23-28)48-30-14-8-12-27(22-30)24-33(41-35(44)29-18-20-39-21-19-29)37(46)40-32(36(45)42-34)17-16-26-10-6-5-7-11-26/h5-15,18-23,32-34H,3-4,16-17,24-25H2,1-2H3,(H,40,46)(H,41,44)(H,42,45)/t32-,33-,34-/m0/s1. The fourth-order valence-corrected chi connectivity index (χ4v) is 5.76. The molecule has 248 valence electrons. The minimum absolute atomic E-state index is 0.135. The van der Waals surface area contributed by atoms with Crippen LogP contribution in [0.2, 0.25) is 0 Å². The number of aryl methyl sites for hydroxylation is 1. The van der Waals surface area contributed by atoms with Gasteiger partial charge in [0, 0.05) is 43.9 Å². The summed E-state index contributed by atoms with van der Waals surface area (Å²) in [6.45, 7) is 4.75. The highest BCUT2D eigenvalue weighted by Gasteiger charge is 2.31. The van der Waals surface area contributed by atoms with Crippen molar-refractivity contribution in [1.29, 1.82) is 0 Å². The molecule has 3 N–H and O–H groups in total. The number of carbonyl (C=O) groups excluding carboxylic acids is 4. The van der Waals surface area contributed by atoms with Crippen molar-refractivity contribution in [3.05, 3.63) is 126 Å². The monoisotopic (exact) mass is 647 g/mol. The number of benzene rings is 3. The topological polar surface area (TPSA) is 130 Å². The molecule has 0 radical (unpaired) electrons. The van der Waals surface area contributed by atoms with Crippen LogP contribution in [0.4, 0.5) is 0 Å². The van der Waals surface area contributed by atoms with Crippen molar-refractivity contribution in [3.63, 3.8) is 0 Å². The molecule has 0 fully saturated rings. The molecule has 3 aromatic carbocycles. The molecular weight excluding hydrogens is 606 g/mol. The number of amides is 4. The molecule has 0 saturated carbocycles. The van der Waals surface area contributed by atoms with Crippen LogP contribution in [-0.2, 0) is 33.6 Å². The summed E-state index contributed by atoms with van der Waals surface area (Å²) in [5, 5.41) is 8.75. The number of aromatic nitrogens is 1. The maximum Gasteiger partial charge on any atom is 0.252 e. The molecule has 2 heterocycles. The molecule has 10 nitrogen and oxygen atoms in total. The van der Waals surface area contributed by atoms with Crippen LogP contribution in [-0.4, -0.2) is 64.7 Å². The maximum absolute atomic E-state index is 14.1. The molecule has 1 aliphatic rings. The van der Waals surface area contributed by atoms with Gasteiger partial charge in [0.05, 0.1) is 0 Å². The van der Waals surface area contributed by atoms with Crippen LogP contribution in [0.3, 0.4) is 0 Å². The van der Waals surface area contributed by atoms with Gasteiger partial charge in [-0.25, -0.2) is 0 Å². The van der Waals surface area contributed by atoms with Gasteiger partial charge in [-0.1, -0.05) is 54.6 Å². The fraction of sp³-hybridized carbons (Fsp3) is 0.289. The molecule has 1 aromatic heterocycles. The number of pyridine rings is 1. The maximum atomic E-state index is 14.1. The summed E-state index contributed by atoms with van der Waals surface area (Å²) in [6.07, 6.45) is 4.15. The SMILES string of the molecule is CCN(CC)C(=O)[C@@H]1Cc2cccc(c2)Oc2cccc(c2)C[C@H](NC(=O)c2ccncc2)C(=O)N[C@@H](CCc2ccccc2)C(=O)N1. The number of rotatable bonds is 8. The molecular formula is C38H41N5O5. The van der Waals surface area contributed by atoms with Gasteiger partial charge >= 0.3 is 0 Å². The van der Waals surface area contributed by atoms with Gasteiger partial charge in [-0.3, -0.25) is 24.2 Å². The molecule has 4 amide bonds. The Labute approximate surface area is 280 Å². The second kappa shape index (κ2) is 16.4.